The topological polar surface area (TPSA) is 41.1 Å². The number of hydrogen-bond acceptors (Lipinski definition) is 2. The molecule has 0 radical (unpaired) electrons. The maximum absolute atomic E-state index is 12.0. The maximum Gasteiger partial charge on any atom is 0.247 e. The van der Waals surface area contributed by atoms with E-state index in [-0.39, 0.29) is 5.91 Å². The predicted octanol–water partition coefficient (Wildman–Crippen LogP) is 1.96. The lowest BCUT2D eigenvalue weighted by Crippen LogP contribution is -2.33. The number of rotatable bonds is 5. The van der Waals surface area contributed by atoms with Gasteiger partial charge in [-0.3, -0.25) is 4.79 Å². The first-order valence-electron chi connectivity index (χ1n) is 6.32. The molecule has 3 heteroatoms. The van der Waals surface area contributed by atoms with E-state index in [9.17, 15) is 4.79 Å². The van der Waals surface area contributed by atoms with E-state index in [4.69, 9.17) is 0 Å². The third-order valence-electron chi connectivity index (χ3n) is 3.14. The number of carbonyl (C=O) groups is 1. The standard InChI is InChI=1S/C15H22N2O/c1-4-6-12(5-2)11-14(15(18)16-3)13-7-9-17-10-8-13/h4-6,11,13,17H,1-2,7-10H2,3H3,(H,16,18)/b12-6+,14-11-. The van der Waals surface area contributed by atoms with Crippen LogP contribution in [0.5, 0.6) is 0 Å². The summed E-state index contributed by atoms with van der Waals surface area (Å²) >= 11 is 0. The van der Waals surface area contributed by atoms with Crippen LogP contribution in [-0.2, 0) is 4.79 Å². The lowest BCUT2D eigenvalue weighted by atomic mass is 9.88. The summed E-state index contributed by atoms with van der Waals surface area (Å²) in [5.41, 5.74) is 1.76. The Kier molecular flexibility index (Phi) is 6.15. The van der Waals surface area contributed by atoms with Crippen LogP contribution in [0.2, 0.25) is 0 Å². The first-order valence-corrected chi connectivity index (χ1v) is 6.32. The van der Waals surface area contributed by atoms with Crippen LogP contribution >= 0.6 is 0 Å². The van der Waals surface area contributed by atoms with Crippen molar-refractivity contribution in [1.29, 1.82) is 0 Å². The molecule has 0 atom stereocenters. The fourth-order valence-electron chi connectivity index (χ4n) is 2.14. The van der Waals surface area contributed by atoms with E-state index in [0.29, 0.717) is 5.92 Å². The Morgan fingerprint density at radius 3 is 2.50 bits per heavy atom. The second-order valence-corrected chi connectivity index (χ2v) is 4.31. The molecule has 1 rings (SSSR count). The highest BCUT2D eigenvalue weighted by Crippen LogP contribution is 2.23. The van der Waals surface area contributed by atoms with Crippen LogP contribution in [0.1, 0.15) is 12.8 Å². The summed E-state index contributed by atoms with van der Waals surface area (Å²) in [6.45, 7) is 9.36. The molecular weight excluding hydrogens is 224 g/mol. The van der Waals surface area contributed by atoms with Crippen molar-refractivity contribution in [1.82, 2.24) is 10.6 Å². The summed E-state index contributed by atoms with van der Waals surface area (Å²) in [5, 5.41) is 6.03. The Morgan fingerprint density at radius 1 is 1.33 bits per heavy atom. The highest BCUT2D eigenvalue weighted by molar-refractivity contribution is 5.94. The molecule has 0 aromatic heterocycles. The van der Waals surface area contributed by atoms with Crippen LogP contribution in [0, 0.1) is 5.92 Å². The van der Waals surface area contributed by atoms with Gasteiger partial charge in [0.25, 0.3) is 0 Å². The van der Waals surface area contributed by atoms with Crippen LogP contribution in [0.15, 0.2) is 48.6 Å². The Morgan fingerprint density at radius 2 is 2.00 bits per heavy atom. The van der Waals surface area contributed by atoms with Crippen molar-refractivity contribution in [2.75, 3.05) is 20.1 Å². The molecule has 0 aromatic rings. The third-order valence-corrected chi connectivity index (χ3v) is 3.14. The minimum Gasteiger partial charge on any atom is -0.355 e. The molecule has 1 aliphatic heterocycles. The van der Waals surface area contributed by atoms with Gasteiger partial charge >= 0.3 is 0 Å². The van der Waals surface area contributed by atoms with Crippen LogP contribution < -0.4 is 10.6 Å². The zero-order chi connectivity index (χ0) is 13.4. The van der Waals surface area contributed by atoms with E-state index in [1.807, 2.05) is 12.2 Å². The molecule has 1 aliphatic rings. The number of amides is 1. The minimum absolute atomic E-state index is 0.00119. The summed E-state index contributed by atoms with van der Waals surface area (Å²) in [5.74, 6) is 0.318. The summed E-state index contributed by atoms with van der Waals surface area (Å²) in [4.78, 5) is 12.0. The lowest BCUT2D eigenvalue weighted by Gasteiger charge is -2.24. The molecule has 0 saturated carbocycles. The smallest absolute Gasteiger partial charge is 0.247 e. The Hall–Kier alpha value is -1.61. The van der Waals surface area contributed by atoms with Gasteiger partial charge in [0.2, 0.25) is 5.91 Å². The van der Waals surface area contributed by atoms with Crippen molar-refractivity contribution >= 4 is 5.91 Å². The summed E-state index contributed by atoms with van der Waals surface area (Å²) in [7, 11) is 1.67. The summed E-state index contributed by atoms with van der Waals surface area (Å²) in [6, 6.07) is 0. The molecule has 2 N–H and O–H groups in total. The molecule has 0 aromatic carbocycles. The molecular formula is C15H22N2O. The Bertz CT molecular complexity index is 374. The maximum atomic E-state index is 12.0. The molecule has 0 unspecified atom stereocenters. The number of piperidine rings is 1. The first kappa shape index (κ1) is 14.5. The second-order valence-electron chi connectivity index (χ2n) is 4.31. The van der Waals surface area contributed by atoms with Crippen molar-refractivity contribution in [3.05, 3.63) is 48.6 Å². The number of hydrogen-bond donors (Lipinski definition) is 2. The normalized spacial score (nSPS) is 18.3. The molecule has 18 heavy (non-hydrogen) atoms. The quantitative estimate of drug-likeness (QED) is 0.575. The van der Waals surface area contributed by atoms with Crippen LogP contribution in [0.25, 0.3) is 0 Å². The Labute approximate surface area is 109 Å². The molecule has 1 saturated heterocycles. The summed E-state index contributed by atoms with van der Waals surface area (Å²) in [6.07, 6.45) is 9.22. The van der Waals surface area contributed by atoms with Gasteiger partial charge in [-0.25, -0.2) is 0 Å². The fraction of sp³-hybridized carbons (Fsp3) is 0.400. The average Bonchev–Trinajstić information content (AvgIpc) is 2.43. The predicted molar refractivity (Wildman–Crippen MR) is 76.2 cm³/mol. The largest absolute Gasteiger partial charge is 0.355 e. The molecule has 3 nitrogen and oxygen atoms in total. The van der Waals surface area contributed by atoms with Gasteiger partial charge in [-0.15, -0.1) is 0 Å². The van der Waals surface area contributed by atoms with Crippen LogP contribution in [-0.4, -0.2) is 26.0 Å². The fourth-order valence-corrected chi connectivity index (χ4v) is 2.14. The Balaban J connectivity index is 2.99. The van der Waals surface area contributed by atoms with Crippen molar-refractivity contribution in [3.63, 3.8) is 0 Å². The molecule has 1 amide bonds. The van der Waals surface area contributed by atoms with Gasteiger partial charge in [0.1, 0.15) is 0 Å². The number of likely N-dealkylation sites (N-methyl/N-ethyl adjacent to an activating group) is 1. The van der Waals surface area contributed by atoms with Crippen LogP contribution in [0.4, 0.5) is 0 Å². The highest BCUT2D eigenvalue weighted by atomic mass is 16.1. The molecule has 0 spiro atoms. The van der Waals surface area contributed by atoms with E-state index in [1.165, 1.54) is 0 Å². The van der Waals surface area contributed by atoms with E-state index < -0.39 is 0 Å². The van der Waals surface area contributed by atoms with Gasteiger partial charge in [-0.05, 0) is 43.5 Å². The molecule has 1 heterocycles. The zero-order valence-corrected chi connectivity index (χ0v) is 11.0. The SMILES string of the molecule is C=C/C=C(C=C)/C=C(\C(=O)NC)C1CCNCC1. The first-order chi connectivity index (χ1) is 8.72. The second kappa shape index (κ2) is 7.67. The van der Waals surface area contributed by atoms with Crippen molar-refractivity contribution in [2.24, 2.45) is 5.92 Å². The van der Waals surface area contributed by atoms with E-state index >= 15 is 0 Å². The van der Waals surface area contributed by atoms with Gasteiger partial charge in [0.15, 0.2) is 0 Å². The van der Waals surface area contributed by atoms with Gasteiger partial charge in [-0.2, -0.15) is 0 Å². The minimum atomic E-state index is -0.00119. The van der Waals surface area contributed by atoms with E-state index in [0.717, 1.165) is 37.1 Å². The molecule has 1 fully saturated rings. The highest BCUT2D eigenvalue weighted by Gasteiger charge is 2.22. The number of allylic oxidation sites excluding steroid dienone is 5. The molecule has 0 aliphatic carbocycles. The molecule has 98 valence electrons. The number of nitrogens with one attached hydrogen (secondary N) is 2. The zero-order valence-electron chi connectivity index (χ0n) is 11.0. The number of carbonyl (C=O) groups excluding carboxylic acids is 1. The summed E-state index contributed by atoms with van der Waals surface area (Å²) < 4.78 is 0. The van der Waals surface area contributed by atoms with Gasteiger partial charge in [0, 0.05) is 12.6 Å². The lowest BCUT2D eigenvalue weighted by molar-refractivity contribution is -0.117. The van der Waals surface area contributed by atoms with Crippen LogP contribution in [0.3, 0.4) is 0 Å². The van der Waals surface area contributed by atoms with Crippen molar-refractivity contribution < 1.29 is 4.79 Å². The van der Waals surface area contributed by atoms with Crippen molar-refractivity contribution in [3.8, 4) is 0 Å². The van der Waals surface area contributed by atoms with Gasteiger partial charge in [0.05, 0.1) is 0 Å². The molecule has 0 bridgehead atoms. The van der Waals surface area contributed by atoms with Gasteiger partial charge in [-0.1, -0.05) is 31.4 Å². The van der Waals surface area contributed by atoms with Crippen molar-refractivity contribution in [2.45, 2.75) is 12.8 Å². The van der Waals surface area contributed by atoms with Gasteiger partial charge < -0.3 is 10.6 Å². The average molecular weight is 246 g/mol. The van der Waals surface area contributed by atoms with E-state index in [1.54, 1.807) is 19.2 Å². The third kappa shape index (κ3) is 4.00. The van der Waals surface area contributed by atoms with E-state index in [2.05, 4.69) is 23.8 Å². The monoisotopic (exact) mass is 246 g/mol.